The highest BCUT2D eigenvalue weighted by Crippen LogP contribution is 2.49. The molecule has 8 heteroatoms. The summed E-state index contributed by atoms with van der Waals surface area (Å²) >= 11 is 6.16. The first-order chi connectivity index (χ1) is 13.5. The summed E-state index contributed by atoms with van der Waals surface area (Å²) in [5, 5.41) is 9.33. The van der Waals surface area contributed by atoms with Crippen LogP contribution in [0.4, 0.5) is 8.78 Å². The molecule has 0 bridgehead atoms. The van der Waals surface area contributed by atoms with Crippen molar-refractivity contribution in [1.29, 1.82) is 5.26 Å². The number of fused-ring (bicyclic) bond motifs is 3. The number of alkyl halides is 2. The van der Waals surface area contributed by atoms with Gasteiger partial charge in [0.05, 0.1) is 29.6 Å². The van der Waals surface area contributed by atoms with Crippen LogP contribution in [-0.4, -0.2) is 22.6 Å². The highest BCUT2D eigenvalue weighted by atomic mass is 35.5. The number of ether oxygens (including phenoxy) is 2. The Morgan fingerprint density at radius 1 is 1.36 bits per heavy atom. The maximum atomic E-state index is 12.9. The molecule has 0 N–H and O–H groups in total. The van der Waals surface area contributed by atoms with Crippen molar-refractivity contribution in [2.45, 2.75) is 32.0 Å². The van der Waals surface area contributed by atoms with Gasteiger partial charge in [0.25, 0.3) is 0 Å². The minimum Gasteiger partial charge on any atom is -0.435 e. The van der Waals surface area contributed by atoms with E-state index >= 15 is 0 Å². The second kappa shape index (κ2) is 7.38. The maximum Gasteiger partial charge on any atom is 0.387 e. The van der Waals surface area contributed by atoms with Crippen molar-refractivity contribution in [3.63, 3.8) is 0 Å². The molecule has 1 aliphatic carbocycles. The molecule has 28 heavy (non-hydrogen) atoms. The van der Waals surface area contributed by atoms with E-state index in [0.717, 1.165) is 22.5 Å². The second-order valence-electron chi connectivity index (χ2n) is 6.62. The Hall–Kier alpha value is -2.69. The summed E-state index contributed by atoms with van der Waals surface area (Å²) in [6.07, 6.45) is 3.81. The van der Waals surface area contributed by atoms with Crippen molar-refractivity contribution in [1.82, 2.24) is 9.38 Å². The number of hydrogen-bond donors (Lipinski definition) is 0. The van der Waals surface area contributed by atoms with Crippen molar-refractivity contribution in [3.05, 3.63) is 64.2 Å². The van der Waals surface area contributed by atoms with E-state index in [1.165, 1.54) is 12.1 Å². The van der Waals surface area contributed by atoms with Crippen molar-refractivity contribution in [2.75, 3.05) is 6.61 Å². The zero-order valence-electron chi connectivity index (χ0n) is 14.9. The average molecular weight is 404 g/mol. The van der Waals surface area contributed by atoms with Gasteiger partial charge in [-0.25, -0.2) is 0 Å². The smallest absolute Gasteiger partial charge is 0.387 e. The number of hydrogen-bond acceptors (Lipinski definition) is 4. The molecule has 0 spiro atoms. The fraction of sp³-hybridized carbons (Fsp3) is 0.300. The Kier molecular flexibility index (Phi) is 4.92. The third kappa shape index (κ3) is 3.30. The summed E-state index contributed by atoms with van der Waals surface area (Å²) in [4.78, 5) is 4.32. The summed E-state index contributed by atoms with van der Waals surface area (Å²) in [7, 11) is 0. The van der Waals surface area contributed by atoms with E-state index in [-0.39, 0.29) is 24.4 Å². The molecule has 2 heterocycles. The first-order valence-electron chi connectivity index (χ1n) is 8.68. The topological polar surface area (TPSA) is 59.5 Å². The summed E-state index contributed by atoms with van der Waals surface area (Å²) in [5.74, 6) is -0.201. The van der Waals surface area contributed by atoms with Crippen LogP contribution in [0.5, 0.6) is 5.75 Å². The van der Waals surface area contributed by atoms with Crippen LogP contribution in [-0.2, 0) is 4.74 Å². The molecule has 0 saturated carbocycles. The molecule has 0 saturated heterocycles. The maximum absolute atomic E-state index is 12.9. The molecule has 3 aromatic rings. The van der Waals surface area contributed by atoms with Crippen LogP contribution >= 0.6 is 11.6 Å². The zero-order valence-corrected chi connectivity index (χ0v) is 15.7. The highest BCUT2D eigenvalue weighted by molar-refractivity contribution is 6.30. The number of nitrogens with zero attached hydrogens (tertiary/aromatic N) is 3. The molecule has 1 aliphatic rings. The molecule has 4 rings (SSSR count). The van der Waals surface area contributed by atoms with Crippen LogP contribution < -0.4 is 4.74 Å². The molecule has 0 aliphatic heterocycles. The van der Waals surface area contributed by atoms with E-state index in [9.17, 15) is 8.78 Å². The molecule has 2 atom stereocenters. The summed E-state index contributed by atoms with van der Waals surface area (Å²) in [6.45, 7) is -1.12. The minimum absolute atomic E-state index is 0.0593. The van der Waals surface area contributed by atoms with Gasteiger partial charge in [0.2, 0.25) is 0 Å². The number of halogens is 3. The standard InChI is InChI=1S/C20H16ClF2N3O2/c1-11-10-26-13(9-25-11)7-16-18(27-5-4-24)8-15(19(16)26)14-6-12(21)2-3-17(14)28-20(22)23/h2-3,6-7,9-10,15,18,20H,5,8H2,1H3/t15-,18?/m0/s1. The molecule has 0 amide bonds. The van der Waals surface area contributed by atoms with Crippen LogP contribution in [0.15, 0.2) is 36.7 Å². The van der Waals surface area contributed by atoms with Gasteiger partial charge in [-0.15, -0.1) is 0 Å². The molecular weight excluding hydrogens is 388 g/mol. The van der Waals surface area contributed by atoms with E-state index in [2.05, 4.69) is 4.98 Å². The third-order valence-electron chi connectivity index (χ3n) is 4.89. The predicted octanol–water partition coefficient (Wildman–Crippen LogP) is 5.01. The number of aryl methyl sites for hydroxylation is 1. The fourth-order valence-electron chi connectivity index (χ4n) is 3.86. The predicted molar refractivity (Wildman–Crippen MR) is 98.8 cm³/mol. The van der Waals surface area contributed by atoms with Crippen LogP contribution in [0.25, 0.3) is 5.52 Å². The van der Waals surface area contributed by atoms with Crippen LogP contribution in [0, 0.1) is 18.3 Å². The van der Waals surface area contributed by atoms with Gasteiger partial charge < -0.3 is 13.9 Å². The Bertz CT molecular complexity index is 1080. The minimum atomic E-state index is -2.94. The van der Waals surface area contributed by atoms with Crippen LogP contribution in [0.1, 0.15) is 41.0 Å². The monoisotopic (exact) mass is 403 g/mol. The van der Waals surface area contributed by atoms with Gasteiger partial charge in [-0.05, 0) is 37.6 Å². The largest absolute Gasteiger partial charge is 0.435 e. The van der Waals surface area contributed by atoms with Crippen LogP contribution in [0.3, 0.4) is 0 Å². The fourth-order valence-corrected chi connectivity index (χ4v) is 4.04. The van der Waals surface area contributed by atoms with Gasteiger partial charge in [0, 0.05) is 34.0 Å². The highest BCUT2D eigenvalue weighted by Gasteiger charge is 2.37. The van der Waals surface area contributed by atoms with Crippen molar-refractivity contribution in [3.8, 4) is 11.8 Å². The lowest BCUT2D eigenvalue weighted by atomic mass is 9.95. The lowest BCUT2D eigenvalue weighted by Gasteiger charge is -2.18. The molecule has 144 valence electrons. The Morgan fingerprint density at radius 2 is 2.18 bits per heavy atom. The molecule has 0 radical (unpaired) electrons. The van der Waals surface area contributed by atoms with Gasteiger partial charge in [0.15, 0.2) is 0 Å². The van der Waals surface area contributed by atoms with Crippen LogP contribution in [0.2, 0.25) is 5.02 Å². The van der Waals surface area contributed by atoms with Gasteiger partial charge in [0.1, 0.15) is 12.4 Å². The molecule has 1 aromatic carbocycles. The van der Waals surface area contributed by atoms with E-state index in [1.807, 2.05) is 29.7 Å². The lowest BCUT2D eigenvalue weighted by molar-refractivity contribution is -0.0506. The Labute approximate surface area is 165 Å². The normalized spacial score (nSPS) is 18.4. The first-order valence-corrected chi connectivity index (χ1v) is 9.06. The van der Waals surface area contributed by atoms with Gasteiger partial charge in [-0.3, -0.25) is 4.98 Å². The number of rotatable bonds is 5. The average Bonchev–Trinajstić information content (AvgIpc) is 3.18. The van der Waals surface area contributed by atoms with Gasteiger partial charge >= 0.3 is 6.61 Å². The quantitative estimate of drug-likeness (QED) is 0.600. The Balaban J connectivity index is 1.88. The molecular formula is C20H16ClF2N3O2. The molecule has 2 aromatic heterocycles. The number of nitriles is 1. The van der Waals surface area contributed by atoms with Crippen molar-refractivity contribution < 1.29 is 18.3 Å². The number of benzene rings is 1. The molecule has 1 unspecified atom stereocenters. The summed E-state index contributed by atoms with van der Waals surface area (Å²) in [5.41, 5.74) is 4.07. The molecule has 0 fully saturated rings. The van der Waals surface area contributed by atoms with Crippen molar-refractivity contribution >= 4 is 17.1 Å². The first kappa shape index (κ1) is 18.7. The summed E-state index contributed by atoms with van der Waals surface area (Å²) in [6, 6.07) is 8.56. The van der Waals surface area contributed by atoms with Gasteiger partial charge in [-0.2, -0.15) is 14.0 Å². The Morgan fingerprint density at radius 3 is 2.93 bits per heavy atom. The number of aromatic nitrogens is 2. The lowest BCUT2D eigenvalue weighted by Crippen LogP contribution is -2.09. The second-order valence-corrected chi connectivity index (χ2v) is 7.05. The van der Waals surface area contributed by atoms with Gasteiger partial charge in [-0.1, -0.05) is 11.6 Å². The third-order valence-corrected chi connectivity index (χ3v) is 5.13. The molecule has 5 nitrogen and oxygen atoms in total. The zero-order chi connectivity index (χ0) is 19.8. The van der Waals surface area contributed by atoms with Crippen molar-refractivity contribution in [2.24, 2.45) is 0 Å². The summed E-state index contributed by atoms with van der Waals surface area (Å²) < 4.78 is 38.4. The van der Waals surface area contributed by atoms with E-state index in [0.29, 0.717) is 17.0 Å². The SMILES string of the molecule is Cc1cn2c3c(cc2cn1)C(OCC#N)C[C@H]3c1cc(Cl)ccc1OC(F)F. The van der Waals surface area contributed by atoms with E-state index < -0.39 is 6.61 Å². The van der Waals surface area contributed by atoms with E-state index in [4.69, 9.17) is 26.3 Å². The van der Waals surface area contributed by atoms with E-state index in [1.54, 1.807) is 12.3 Å².